The number of fused-ring (bicyclic) bond motifs is 1. The summed E-state index contributed by atoms with van der Waals surface area (Å²) in [6, 6.07) is 6.24. The number of carbonyl (C=O) groups is 1. The van der Waals surface area contributed by atoms with Gasteiger partial charge in [0.25, 0.3) is 0 Å². The summed E-state index contributed by atoms with van der Waals surface area (Å²) < 4.78 is 7.55. The smallest absolute Gasteiger partial charge is 0.233 e. The topological polar surface area (TPSA) is 73.1 Å². The number of ether oxygens (including phenoxy) is 1. The number of aryl methyl sites for hydroxylation is 2. The van der Waals surface area contributed by atoms with Crippen LogP contribution in [0.25, 0.3) is 16.7 Å². The van der Waals surface area contributed by atoms with E-state index in [1.54, 1.807) is 6.20 Å². The predicted octanol–water partition coefficient (Wildman–Crippen LogP) is 3.16. The lowest BCUT2D eigenvalue weighted by molar-refractivity contribution is -0.140. The number of hydrogen-bond acceptors (Lipinski definition) is 6. The van der Waals surface area contributed by atoms with Gasteiger partial charge in [0.2, 0.25) is 5.91 Å². The molecule has 1 amide bonds. The van der Waals surface area contributed by atoms with E-state index in [-0.39, 0.29) is 18.1 Å². The molecule has 2 unspecified atom stereocenters. The second kappa shape index (κ2) is 8.12. The fourth-order valence-corrected chi connectivity index (χ4v) is 4.62. The largest absolute Gasteiger partial charge is 0.372 e. The number of morpholine rings is 1. The Morgan fingerprint density at radius 1 is 1.21 bits per heavy atom. The lowest BCUT2D eigenvalue weighted by atomic mass is 10.1. The normalized spacial score (nSPS) is 19.7. The maximum Gasteiger partial charge on any atom is 0.233 e. The third-order valence-electron chi connectivity index (χ3n) is 5.01. The first-order chi connectivity index (χ1) is 13.9. The fraction of sp³-hybridized carbons (Fsp3) is 0.429. The molecule has 8 heteroatoms. The number of amides is 1. The summed E-state index contributed by atoms with van der Waals surface area (Å²) in [4.78, 5) is 23.4. The standard InChI is InChI=1S/C21H25N5O2S/c1-13-5-6-18(14(2)7-13)26-20-17(8-24-26)21(23-12-22-20)29-11-19(27)25-9-15(3)28-16(4)10-25/h5-8,12,15-16H,9-11H2,1-4H3. The highest BCUT2D eigenvalue weighted by Gasteiger charge is 2.26. The number of carbonyl (C=O) groups excluding carboxylic acids is 1. The molecular formula is C21H25N5O2S. The van der Waals surface area contributed by atoms with Gasteiger partial charge in [0, 0.05) is 13.1 Å². The Labute approximate surface area is 174 Å². The maximum absolute atomic E-state index is 12.7. The van der Waals surface area contributed by atoms with Crippen molar-refractivity contribution in [3.05, 3.63) is 41.9 Å². The van der Waals surface area contributed by atoms with Gasteiger partial charge in [-0.25, -0.2) is 14.6 Å². The molecule has 0 bridgehead atoms. The molecule has 1 aromatic carbocycles. The van der Waals surface area contributed by atoms with Gasteiger partial charge >= 0.3 is 0 Å². The Morgan fingerprint density at radius 3 is 2.69 bits per heavy atom. The van der Waals surface area contributed by atoms with Crippen molar-refractivity contribution in [3.8, 4) is 5.69 Å². The summed E-state index contributed by atoms with van der Waals surface area (Å²) in [5, 5.41) is 6.17. The monoisotopic (exact) mass is 411 g/mol. The summed E-state index contributed by atoms with van der Waals surface area (Å²) in [6.45, 7) is 9.40. The number of hydrogen-bond donors (Lipinski definition) is 0. The number of rotatable bonds is 4. The van der Waals surface area contributed by atoms with Gasteiger partial charge in [0.05, 0.1) is 35.2 Å². The molecule has 3 heterocycles. The van der Waals surface area contributed by atoms with Crippen LogP contribution in [0.15, 0.2) is 35.7 Å². The molecule has 3 aromatic rings. The van der Waals surface area contributed by atoms with Crippen LogP contribution in [-0.2, 0) is 9.53 Å². The molecule has 2 atom stereocenters. The van der Waals surface area contributed by atoms with Crippen LogP contribution in [0.1, 0.15) is 25.0 Å². The third-order valence-corrected chi connectivity index (χ3v) is 6.00. The Morgan fingerprint density at radius 2 is 1.97 bits per heavy atom. The van der Waals surface area contributed by atoms with Gasteiger partial charge < -0.3 is 9.64 Å². The minimum Gasteiger partial charge on any atom is -0.372 e. The molecule has 2 aromatic heterocycles. The second-order valence-corrected chi connectivity index (χ2v) is 8.57. The average molecular weight is 412 g/mol. The molecule has 0 aliphatic carbocycles. The Kier molecular flexibility index (Phi) is 5.56. The zero-order valence-corrected chi connectivity index (χ0v) is 17.9. The zero-order valence-electron chi connectivity index (χ0n) is 17.1. The van der Waals surface area contributed by atoms with E-state index < -0.39 is 0 Å². The van der Waals surface area contributed by atoms with E-state index in [9.17, 15) is 4.79 Å². The van der Waals surface area contributed by atoms with Gasteiger partial charge in [0.1, 0.15) is 11.4 Å². The quantitative estimate of drug-likeness (QED) is 0.485. The van der Waals surface area contributed by atoms with Gasteiger partial charge in [-0.3, -0.25) is 4.79 Å². The van der Waals surface area contributed by atoms with Crippen molar-refractivity contribution in [2.75, 3.05) is 18.8 Å². The van der Waals surface area contributed by atoms with Crippen molar-refractivity contribution in [1.29, 1.82) is 0 Å². The van der Waals surface area contributed by atoms with E-state index in [2.05, 4.69) is 47.1 Å². The van der Waals surface area contributed by atoms with Crippen molar-refractivity contribution >= 4 is 28.7 Å². The predicted molar refractivity (Wildman–Crippen MR) is 113 cm³/mol. The molecule has 0 radical (unpaired) electrons. The van der Waals surface area contributed by atoms with Crippen molar-refractivity contribution < 1.29 is 9.53 Å². The van der Waals surface area contributed by atoms with E-state index in [4.69, 9.17) is 4.74 Å². The van der Waals surface area contributed by atoms with Crippen LogP contribution in [-0.4, -0.2) is 61.6 Å². The molecule has 4 rings (SSSR count). The Hall–Kier alpha value is -2.45. The molecule has 1 aliphatic rings. The lowest BCUT2D eigenvalue weighted by Crippen LogP contribution is -2.48. The van der Waals surface area contributed by atoms with E-state index in [0.717, 1.165) is 27.3 Å². The van der Waals surface area contributed by atoms with E-state index in [0.29, 0.717) is 18.8 Å². The van der Waals surface area contributed by atoms with Gasteiger partial charge in [-0.1, -0.05) is 29.5 Å². The van der Waals surface area contributed by atoms with Gasteiger partial charge in [-0.05, 0) is 39.3 Å². The van der Waals surface area contributed by atoms with Crippen LogP contribution in [0.4, 0.5) is 0 Å². The number of nitrogens with zero attached hydrogens (tertiary/aromatic N) is 5. The number of thioether (sulfide) groups is 1. The summed E-state index contributed by atoms with van der Waals surface area (Å²) in [5.74, 6) is 0.436. The molecule has 1 saturated heterocycles. The van der Waals surface area contributed by atoms with Crippen LogP contribution in [0.5, 0.6) is 0 Å². The van der Waals surface area contributed by atoms with Crippen molar-refractivity contribution in [2.24, 2.45) is 0 Å². The van der Waals surface area contributed by atoms with Gasteiger partial charge in [0.15, 0.2) is 5.65 Å². The van der Waals surface area contributed by atoms with Crippen molar-refractivity contribution in [3.63, 3.8) is 0 Å². The molecular weight excluding hydrogens is 386 g/mol. The van der Waals surface area contributed by atoms with Crippen LogP contribution < -0.4 is 0 Å². The highest BCUT2D eigenvalue weighted by Crippen LogP contribution is 2.27. The first-order valence-electron chi connectivity index (χ1n) is 9.74. The van der Waals surface area contributed by atoms with E-state index >= 15 is 0 Å². The molecule has 0 N–H and O–H groups in total. The van der Waals surface area contributed by atoms with Crippen LogP contribution in [0, 0.1) is 13.8 Å². The maximum atomic E-state index is 12.7. The molecule has 7 nitrogen and oxygen atoms in total. The third kappa shape index (κ3) is 4.13. The van der Waals surface area contributed by atoms with Gasteiger partial charge in [-0.15, -0.1) is 0 Å². The first-order valence-corrected chi connectivity index (χ1v) is 10.7. The average Bonchev–Trinajstić information content (AvgIpc) is 3.10. The van der Waals surface area contributed by atoms with Crippen molar-refractivity contribution in [1.82, 2.24) is 24.6 Å². The summed E-state index contributed by atoms with van der Waals surface area (Å²) >= 11 is 1.43. The van der Waals surface area contributed by atoms with E-state index in [1.807, 2.05) is 23.4 Å². The highest BCUT2D eigenvalue weighted by molar-refractivity contribution is 8.00. The minimum absolute atomic E-state index is 0.0643. The molecule has 1 aliphatic heterocycles. The SMILES string of the molecule is Cc1ccc(-n2ncc3c(SCC(=O)N4CC(C)OC(C)C4)ncnc32)c(C)c1. The van der Waals surface area contributed by atoms with E-state index in [1.165, 1.54) is 23.7 Å². The highest BCUT2D eigenvalue weighted by atomic mass is 32.2. The summed E-state index contributed by atoms with van der Waals surface area (Å²) in [7, 11) is 0. The number of benzene rings is 1. The molecule has 152 valence electrons. The van der Waals surface area contributed by atoms with Crippen LogP contribution >= 0.6 is 11.8 Å². The number of aromatic nitrogens is 4. The Balaban J connectivity index is 1.55. The second-order valence-electron chi connectivity index (χ2n) is 7.61. The summed E-state index contributed by atoms with van der Waals surface area (Å²) in [6.07, 6.45) is 3.44. The summed E-state index contributed by atoms with van der Waals surface area (Å²) in [5.41, 5.74) is 4.08. The minimum atomic E-state index is 0.0643. The first kappa shape index (κ1) is 19.8. The van der Waals surface area contributed by atoms with Gasteiger partial charge in [-0.2, -0.15) is 5.10 Å². The van der Waals surface area contributed by atoms with Crippen LogP contribution in [0.3, 0.4) is 0 Å². The zero-order chi connectivity index (χ0) is 20.5. The Bertz CT molecular complexity index is 1040. The molecule has 0 spiro atoms. The molecule has 29 heavy (non-hydrogen) atoms. The fourth-order valence-electron chi connectivity index (χ4n) is 3.76. The van der Waals surface area contributed by atoms with Crippen LogP contribution in [0.2, 0.25) is 0 Å². The van der Waals surface area contributed by atoms with Crippen molar-refractivity contribution in [2.45, 2.75) is 44.9 Å². The molecule has 0 saturated carbocycles. The lowest BCUT2D eigenvalue weighted by Gasteiger charge is -2.35. The molecule has 1 fully saturated rings.